The smallest absolute Gasteiger partial charge is 0.264 e. The first-order valence-electron chi connectivity index (χ1n) is 12.1. The standard InChI is InChI=1S/C28H28N4O3S/c1-2-35-23-11-6-10-22(16-23)32-18-24(21-8-4-3-5-9-21)29-28(32)30-26(33)19-31(17-20-13-14-20)27(34)25-12-7-15-36-25/h3-12,15-16,18,20H,2,13-14,17,19H2,1H3,(H,29,30,33). The summed E-state index contributed by atoms with van der Waals surface area (Å²) in [6.07, 6.45) is 4.09. The second-order valence-corrected chi connectivity index (χ2v) is 9.72. The number of carbonyl (C=O) groups is 2. The van der Waals surface area contributed by atoms with E-state index in [-0.39, 0.29) is 18.4 Å². The van der Waals surface area contributed by atoms with E-state index in [2.05, 4.69) is 5.32 Å². The molecular weight excluding hydrogens is 472 g/mol. The number of benzene rings is 2. The Bertz CT molecular complexity index is 1330. The first-order chi connectivity index (χ1) is 17.6. The molecule has 2 aromatic carbocycles. The molecule has 0 aliphatic heterocycles. The van der Waals surface area contributed by atoms with E-state index in [1.54, 1.807) is 11.0 Å². The van der Waals surface area contributed by atoms with Gasteiger partial charge in [-0.05, 0) is 49.3 Å². The summed E-state index contributed by atoms with van der Waals surface area (Å²) in [4.78, 5) is 33.3. The zero-order valence-electron chi connectivity index (χ0n) is 20.1. The van der Waals surface area contributed by atoms with E-state index in [9.17, 15) is 9.59 Å². The van der Waals surface area contributed by atoms with Crippen LogP contribution in [0.25, 0.3) is 16.9 Å². The third kappa shape index (κ3) is 5.66. The molecule has 184 valence electrons. The van der Waals surface area contributed by atoms with E-state index in [4.69, 9.17) is 9.72 Å². The van der Waals surface area contributed by atoms with Crippen LogP contribution in [0.5, 0.6) is 5.75 Å². The number of thiophene rings is 1. The Balaban J connectivity index is 1.42. The van der Waals surface area contributed by atoms with Crippen molar-refractivity contribution in [3.8, 4) is 22.7 Å². The quantitative estimate of drug-likeness (QED) is 0.312. The molecule has 8 heteroatoms. The van der Waals surface area contributed by atoms with Gasteiger partial charge in [-0.1, -0.05) is 42.5 Å². The predicted octanol–water partition coefficient (Wildman–Crippen LogP) is 5.49. The number of aromatic nitrogens is 2. The average Bonchev–Trinajstić information content (AvgIpc) is 3.36. The van der Waals surface area contributed by atoms with E-state index in [0.717, 1.165) is 35.5 Å². The molecule has 0 unspecified atom stereocenters. The molecule has 0 bridgehead atoms. The molecular formula is C28H28N4O3S. The van der Waals surface area contributed by atoms with Crippen molar-refractivity contribution < 1.29 is 14.3 Å². The Morgan fingerprint density at radius 1 is 1.11 bits per heavy atom. The second kappa shape index (κ2) is 10.8. The van der Waals surface area contributed by atoms with Gasteiger partial charge < -0.3 is 9.64 Å². The topological polar surface area (TPSA) is 76.5 Å². The van der Waals surface area contributed by atoms with Crippen molar-refractivity contribution in [3.05, 3.63) is 83.2 Å². The Morgan fingerprint density at radius 2 is 1.94 bits per heavy atom. The Hall–Kier alpha value is -3.91. The van der Waals surface area contributed by atoms with E-state index >= 15 is 0 Å². The molecule has 7 nitrogen and oxygen atoms in total. The molecule has 0 saturated heterocycles. The monoisotopic (exact) mass is 500 g/mol. The lowest BCUT2D eigenvalue weighted by Gasteiger charge is -2.21. The summed E-state index contributed by atoms with van der Waals surface area (Å²) in [6, 6.07) is 21.1. The highest BCUT2D eigenvalue weighted by atomic mass is 32.1. The van der Waals surface area contributed by atoms with Crippen molar-refractivity contribution in [2.45, 2.75) is 19.8 Å². The van der Waals surface area contributed by atoms with Crippen LogP contribution in [0, 0.1) is 5.92 Å². The van der Waals surface area contributed by atoms with Crippen LogP contribution in [0.1, 0.15) is 29.4 Å². The van der Waals surface area contributed by atoms with E-state index in [1.165, 1.54) is 11.3 Å². The Morgan fingerprint density at radius 3 is 2.67 bits per heavy atom. The summed E-state index contributed by atoms with van der Waals surface area (Å²) in [6.45, 7) is 3.05. The number of nitrogens with one attached hydrogen (secondary N) is 1. The number of rotatable bonds is 10. The molecule has 2 aromatic heterocycles. The van der Waals surface area contributed by atoms with Crippen LogP contribution < -0.4 is 10.1 Å². The summed E-state index contributed by atoms with van der Waals surface area (Å²) >= 11 is 1.39. The SMILES string of the molecule is CCOc1cccc(-n2cc(-c3ccccc3)nc2NC(=O)CN(CC2CC2)C(=O)c2cccs2)c1. The van der Waals surface area contributed by atoms with Gasteiger partial charge in [-0.3, -0.25) is 19.5 Å². The predicted molar refractivity (Wildman–Crippen MR) is 142 cm³/mol. The normalized spacial score (nSPS) is 12.8. The third-order valence-corrected chi connectivity index (χ3v) is 6.82. The van der Waals surface area contributed by atoms with Crippen molar-refractivity contribution in [2.24, 2.45) is 5.92 Å². The Labute approximate surface area is 214 Å². The molecule has 1 fully saturated rings. The molecule has 0 spiro atoms. The molecule has 1 aliphatic rings. The van der Waals surface area contributed by atoms with Gasteiger partial charge in [-0.15, -0.1) is 11.3 Å². The number of hydrogen-bond donors (Lipinski definition) is 1. The summed E-state index contributed by atoms with van der Waals surface area (Å²) in [5.41, 5.74) is 2.49. The van der Waals surface area contributed by atoms with Crippen molar-refractivity contribution in [1.82, 2.24) is 14.5 Å². The molecule has 0 radical (unpaired) electrons. The van der Waals surface area contributed by atoms with Crippen LogP contribution in [-0.4, -0.2) is 46.0 Å². The minimum Gasteiger partial charge on any atom is -0.494 e. The van der Waals surface area contributed by atoms with E-state index < -0.39 is 0 Å². The minimum absolute atomic E-state index is 0.0280. The summed E-state index contributed by atoms with van der Waals surface area (Å²) < 4.78 is 7.52. The van der Waals surface area contributed by atoms with Gasteiger partial charge in [-0.25, -0.2) is 4.98 Å². The summed E-state index contributed by atoms with van der Waals surface area (Å²) in [5.74, 6) is 1.20. The van der Waals surface area contributed by atoms with Gasteiger partial charge in [0.1, 0.15) is 12.3 Å². The molecule has 5 rings (SSSR count). The molecule has 1 saturated carbocycles. The van der Waals surface area contributed by atoms with Crippen LogP contribution in [-0.2, 0) is 4.79 Å². The zero-order chi connectivity index (χ0) is 24.9. The van der Waals surface area contributed by atoms with Gasteiger partial charge in [0.25, 0.3) is 5.91 Å². The maximum Gasteiger partial charge on any atom is 0.264 e. The highest BCUT2D eigenvalue weighted by Crippen LogP contribution is 2.31. The number of carbonyl (C=O) groups excluding carboxylic acids is 2. The van der Waals surface area contributed by atoms with Gasteiger partial charge in [0, 0.05) is 24.4 Å². The zero-order valence-corrected chi connectivity index (χ0v) is 20.9. The van der Waals surface area contributed by atoms with Gasteiger partial charge in [-0.2, -0.15) is 0 Å². The van der Waals surface area contributed by atoms with Crippen molar-refractivity contribution >= 4 is 29.1 Å². The summed E-state index contributed by atoms with van der Waals surface area (Å²) in [5, 5.41) is 4.83. The molecule has 36 heavy (non-hydrogen) atoms. The lowest BCUT2D eigenvalue weighted by molar-refractivity contribution is -0.117. The van der Waals surface area contributed by atoms with Gasteiger partial charge in [0.2, 0.25) is 11.9 Å². The first-order valence-corrected chi connectivity index (χ1v) is 13.0. The minimum atomic E-state index is -0.284. The second-order valence-electron chi connectivity index (χ2n) is 8.77. The average molecular weight is 501 g/mol. The molecule has 1 aliphatic carbocycles. The van der Waals surface area contributed by atoms with Crippen molar-refractivity contribution in [1.29, 1.82) is 0 Å². The number of amides is 2. The molecule has 2 amide bonds. The largest absolute Gasteiger partial charge is 0.494 e. The van der Waals surface area contributed by atoms with Crippen molar-refractivity contribution in [3.63, 3.8) is 0 Å². The van der Waals surface area contributed by atoms with Crippen LogP contribution >= 0.6 is 11.3 Å². The van der Waals surface area contributed by atoms with E-state index in [1.807, 2.05) is 83.7 Å². The number of anilines is 1. The fraction of sp³-hybridized carbons (Fsp3) is 0.250. The third-order valence-electron chi connectivity index (χ3n) is 5.96. The number of nitrogens with zero attached hydrogens (tertiary/aromatic N) is 3. The summed E-state index contributed by atoms with van der Waals surface area (Å²) in [7, 11) is 0. The fourth-order valence-electron chi connectivity index (χ4n) is 4.03. The van der Waals surface area contributed by atoms with E-state index in [0.29, 0.717) is 29.9 Å². The highest BCUT2D eigenvalue weighted by Gasteiger charge is 2.29. The lowest BCUT2D eigenvalue weighted by Crippen LogP contribution is -2.39. The van der Waals surface area contributed by atoms with Crippen LogP contribution in [0.2, 0.25) is 0 Å². The number of ether oxygens (including phenoxy) is 1. The van der Waals surface area contributed by atoms with Gasteiger partial charge in [0.15, 0.2) is 0 Å². The van der Waals surface area contributed by atoms with Crippen molar-refractivity contribution in [2.75, 3.05) is 25.0 Å². The fourth-order valence-corrected chi connectivity index (χ4v) is 4.72. The maximum absolute atomic E-state index is 13.2. The number of hydrogen-bond acceptors (Lipinski definition) is 5. The Kier molecular flexibility index (Phi) is 7.13. The van der Waals surface area contributed by atoms with Gasteiger partial charge >= 0.3 is 0 Å². The lowest BCUT2D eigenvalue weighted by atomic mass is 10.2. The molecule has 4 aromatic rings. The number of imidazole rings is 1. The molecule has 0 atom stereocenters. The van der Waals surface area contributed by atoms with Crippen LogP contribution in [0.15, 0.2) is 78.3 Å². The molecule has 1 N–H and O–H groups in total. The van der Waals surface area contributed by atoms with Crippen LogP contribution in [0.3, 0.4) is 0 Å². The first kappa shape index (κ1) is 23.8. The van der Waals surface area contributed by atoms with Crippen LogP contribution in [0.4, 0.5) is 5.95 Å². The molecule has 2 heterocycles. The maximum atomic E-state index is 13.2. The van der Waals surface area contributed by atoms with Gasteiger partial charge in [0.05, 0.1) is 22.9 Å². The highest BCUT2D eigenvalue weighted by molar-refractivity contribution is 7.12.